The van der Waals surface area contributed by atoms with Crippen LogP contribution in [-0.4, -0.2) is 29.9 Å². The lowest BCUT2D eigenvalue weighted by molar-refractivity contribution is -0.127. The van der Waals surface area contributed by atoms with E-state index in [4.69, 9.17) is 5.73 Å². The number of piperidine rings is 1. The highest BCUT2D eigenvalue weighted by Crippen LogP contribution is 2.10. The molecule has 1 aromatic carbocycles. The molecule has 0 saturated carbocycles. The van der Waals surface area contributed by atoms with E-state index >= 15 is 0 Å². The molecule has 1 aromatic rings. The fourth-order valence-electron chi connectivity index (χ4n) is 2.06. The largest absolute Gasteiger partial charge is 0.338 e. The molecule has 96 valence electrons. The topological polar surface area (TPSA) is 46.3 Å². The Labute approximate surface area is 106 Å². The number of carbonyl (C=O) groups is 1. The molecule has 18 heavy (non-hydrogen) atoms. The Hall–Kier alpha value is -1.68. The van der Waals surface area contributed by atoms with Crippen molar-refractivity contribution in [1.29, 1.82) is 0 Å². The Kier molecular flexibility index (Phi) is 4.10. The third-order valence-electron chi connectivity index (χ3n) is 3.06. The van der Waals surface area contributed by atoms with Crippen LogP contribution >= 0.6 is 0 Å². The molecule has 0 bridgehead atoms. The molecule has 1 saturated heterocycles. The highest BCUT2D eigenvalue weighted by Gasteiger charge is 2.19. The maximum atomic E-state index is 12.7. The van der Waals surface area contributed by atoms with E-state index in [1.54, 1.807) is 23.1 Å². The Balaban J connectivity index is 1.96. The number of hydrogen-bond donors (Lipinski definition) is 1. The molecular formula is C14H17FN2O. The summed E-state index contributed by atoms with van der Waals surface area (Å²) in [5.41, 5.74) is 6.64. The van der Waals surface area contributed by atoms with Crippen molar-refractivity contribution in [3.63, 3.8) is 0 Å². The van der Waals surface area contributed by atoms with Crippen LogP contribution in [0.5, 0.6) is 0 Å². The summed E-state index contributed by atoms with van der Waals surface area (Å²) in [6.45, 7) is 1.38. The van der Waals surface area contributed by atoms with Crippen LogP contribution in [0.4, 0.5) is 4.39 Å². The Morgan fingerprint density at radius 3 is 2.78 bits per heavy atom. The summed E-state index contributed by atoms with van der Waals surface area (Å²) >= 11 is 0. The third kappa shape index (κ3) is 3.40. The number of hydrogen-bond acceptors (Lipinski definition) is 2. The predicted molar refractivity (Wildman–Crippen MR) is 69.2 cm³/mol. The number of amides is 1. The number of rotatable bonds is 2. The van der Waals surface area contributed by atoms with Crippen LogP contribution in [0.15, 0.2) is 30.3 Å². The Morgan fingerprint density at radius 2 is 2.11 bits per heavy atom. The predicted octanol–water partition coefficient (Wildman–Crippen LogP) is 1.79. The second-order valence-corrected chi connectivity index (χ2v) is 4.57. The first-order chi connectivity index (χ1) is 8.65. The van der Waals surface area contributed by atoms with Crippen molar-refractivity contribution in [2.24, 2.45) is 5.73 Å². The fourth-order valence-corrected chi connectivity index (χ4v) is 2.06. The van der Waals surface area contributed by atoms with Crippen molar-refractivity contribution < 1.29 is 9.18 Å². The molecule has 1 unspecified atom stereocenters. The van der Waals surface area contributed by atoms with Crippen molar-refractivity contribution >= 4 is 12.0 Å². The summed E-state index contributed by atoms with van der Waals surface area (Å²) in [7, 11) is 0. The van der Waals surface area contributed by atoms with Crippen LogP contribution in [0, 0.1) is 5.82 Å². The Bertz CT molecular complexity index is 442. The maximum Gasteiger partial charge on any atom is 0.246 e. The maximum absolute atomic E-state index is 12.7. The molecule has 1 atom stereocenters. The highest BCUT2D eigenvalue weighted by atomic mass is 19.1. The standard InChI is InChI=1S/C14H17FN2O/c15-12-6-3-11(4-7-12)5-8-14(18)17-9-1-2-13(16)10-17/h3-8,13H,1-2,9-10,16H2. The summed E-state index contributed by atoms with van der Waals surface area (Å²) in [4.78, 5) is 13.7. The van der Waals surface area contributed by atoms with Gasteiger partial charge in [0.2, 0.25) is 5.91 Å². The fraction of sp³-hybridized carbons (Fsp3) is 0.357. The van der Waals surface area contributed by atoms with Gasteiger partial charge in [-0.25, -0.2) is 4.39 Å². The SMILES string of the molecule is NC1CCCN(C(=O)C=Cc2ccc(F)cc2)C1. The van der Waals surface area contributed by atoms with Gasteiger partial charge in [-0.3, -0.25) is 4.79 Å². The van der Waals surface area contributed by atoms with Gasteiger partial charge in [0.1, 0.15) is 5.82 Å². The number of benzene rings is 1. The molecule has 2 rings (SSSR count). The zero-order chi connectivity index (χ0) is 13.0. The molecule has 0 aromatic heterocycles. The lowest BCUT2D eigenvalue weighted by Gasteiger charge is -2.29. The molecule has 0 aliphatic carbocycles. The average Bonchev–Trinajstić information content (AvgIpc) is 2.38. The first-order valence-corrected chi connectivity index (χ1v) is 6.13. The summed E-state index contributed by atoms with van der Waals surface area (Å²) in [5, 5.41) is 0. The van der Waals surface area contributed by atoms with E-state index in [1.165, 1.54) is 18.2 Å². The van der Waals surface area contributed by atoms with E-state index in [0.717, 1.165) is 24.9 Å². The van der Waals surface area contributed by atoms with E-state index in [-0.39, 0.29) is 17.8 Å². The monoisotopic (exact) mass is 248 g/mol. The third-order valence-corrected chi connectivity index (χ3v) is 3.06. The number of nitrogens with zero attached hydrogens (tertiary/aromatic N) is 1. The average molecular weight is 248 g/mol. The highest BCUT2D eigenvalue weighted by molar-refractivity contribution is 5.91. The quantitative estimate of drug-likeness (QED) is 0.811. The lowest BCUT2D eigenvalue weighted by atomic mass is 10.1. The van der Waals surface area contributed by atoms with E-state index in [1.807, 2.05) is 0 Å². The molecule has 1 fully saturated rings. The van der Waals surface area contributed by atoms with Crippen molar-refractivity contribution in [1.82, 2.24) is 4.90 Å². The van der Waals surface area contributed by atoms with Gasteiger partial charge in [-0.05, 0) is 36.6 Å². The number of halogens is 1. The molecule has 1 heterocycles. The number of nitrogens with two attached hydrogens (primary N) is 1. The molecule has 4 heteroatoms. The molecule has 0 radical (unpaired) electrons. The van der Waals surface area contributed by atoms with Crippen LogP contribution in [0.25, 0.3) is 6.08 Å². The van der Waals surface area contributed by atoms with Gasteiger partial charge in [0.15, 0.2) is 0 Å². The van der Waals surface area contributed by atoms with Crippen molar-refractivity contribution in [3.8, 4) is 0 Å². The minimum Gasteiger partial charge on any atom is -0.338 e. The van der Waals surface area contributed by atoms with Gasteiger partial charge < -0.3 is 10.6 Å². The zero-order valence-electron chi connectivity index (χ0n) is 10.2. The van der Waals surface area contributed by atoms with Crippen molar-refractivity contribution in [3.05, 3.63) is 41.7 Å². The minimum atomic E-state index is -0.277. The summed E-state index contributed by atoms with van der Waals surface area (Å²) in [6, 6.07) is 6.12. The normalized spacial score (nSPS) is 20.3. The van der Waals surface area contributed by atoms with E-state index in [0.29, 0.717) is 6.54 Å². The van der Waals surface area contributed by atoms with Gasteiger partial charge in [-0.2, -0.15) is 0 Å². The summed E-state index contributed by atoms with van der Waals surface area (Å²) < 4.78 is 12.7. The molecule has 1 aliphatic heterocycles. The first-order valence-electron chi connectivity index (χ1n) is 6.13. The van der Waals surface area contributed by atoms with Gasteiger partial charge in [0, 0.05) is 25.2 Å². The van der Waals surface area contributed by atoms with Crippen LogP contribution in [0.3, 0.4) is 0 Å². The van der Waals surface area contributed by atoms with E-state index in [2.05, 4.69) is 0 Å². The van der Waals surface area contributed by atoms with Gasteiger partial charge in [0.05, 0.1) is 0 Å². The zero-order valence-corrected chi connectivity index (χ0v) is 10.2. The van der Waals surface area contributed by atoms with Crippen molar-refractivity contribution in [2.75, 3.05) is 13.1 Å². The van der Waals surface area contributed by atoms with Gasteiger partial charge in [0.25, 0.3) is 0 Å². The van der Waals surface area contributed by atoms with Gasteiger partial charge in [-0.15, -0.1) is 0 Å². The molecule has 1 amide bonds. The summed E-state index contributed by atoms with van der Waals surface area (Å²) in [6.07, 6.45) is 5.15. The Morgan fingerprint density at radius 1 is 1.39 bits per heavy atom. The molecule has 2 N–H and O–H groups in total. The van der Waals surface area contributed by atoms with Gasteiger partial charge >= 0.3 is 0 Å². The van der Waals surface area contributed by atoms with Crippen LogP contribution < -0.4 is 5.73 Å². The van der Waals surface area contributed by atoms with Crippen LogP contribution in [0.1, 0.15) is 18.4 Å². The first kappa shape index (κ1) is 12.8. The number of carbonyl (C=O) groups excluding carboxylic acids is 1. The molecule has 1 aliphatic rings. The molecule has 3 nitrogen and oxygen atoms in total. The van der Waals surface area contributed by atoms with Crippen molar-refractivity contribution in [2.45, 2.75) is 18.9 Å². The summed E-state index contributed by atoms with van der Waals surface area (Å²) in [5.74, 6) is -0.310. The minimum absolute atomic E-state index is 0.0329. The lowest BCUT2D eigenvalue weighted by Crippen LogP contribution is -2.45. The van der Waals surface area contributed by atoms with Crippen LogP contribution in [0.2, 0.25) is 0 Å². The molecular weight excluding hydrogens is 231 g/mol. The van der Waals surface area contributed by atoms with E-state index in [9.17, 15) is 9.18 Å². The van der Waals surface area contributed by atoms with Crippen LogP contribution in [-0.2, 0) is 4.79 Å². The number of likely N-dealkylation sites (tertiary alicyclic amines) is 1. The van der Waals surface area contributed by atoms with Gasteiger partial charge in [-0.1, -0.05) is 12.1 Å². The second-order valence-electron chi connectivity index (χ2n) is 4.57. The second kappa shape index (κ2) is 5.78. The molecule has 0 spiro atoms. The van der Waals surface area contributed by atoms with E-state index < -0.39 is 0 Å². The smallest absolute Gasteiger partial charge is 0.246 e.